The molecule has 0 amide bonds. The van der Waals surface area contributed by atoms with Crippen LogP contribution in [0.5, 0.6) is 0 Å². The van der Waals surface area contributed by atoms with Crippen molar-refractivity contribution < 1.29 is 30.0 Å². The largest absolute Gasteiger partial charge is 0.512 e. The van der Waals surface area contributed by atoms with Gasteiger partial charge in [0.25, 0.3) is 0 Å². The Labute approximate surface area is 286 Å². The molecule has 0 aliphatic rings. The molecule has 3 aromatic carbocycles. The molecular weight excluding hydrogens is 753 g/mol. The number of aliphatic hydroxyl groups excluding tert-OH is 1. The Morgan fingerprint density at radius 1 is 0.867 bits per heavy atom. The third-order valence-electron chi connectivity index (χ3n) is 8.37. The molecule has 45 heavy (non-hydrogen) atoms. The third-order valence-corrected chi connectivity index (χ3v) is 9.33. The monoisotopic (exact) mass is 798 g/mol. The predicted octanol–water partition coefficient (Wildman–Crippen LogP) is 11.1. The molecular formula is C39H45IrN2O2S-. The normalized spacial score (nSPS) is 11.9. The van der Waals surface area contributed by atoms with E-state index in [1.807, 2.05) is 27.7 Å². The molecule has 0 spiro atoms. The van der Waals surface area contributed by atoms with Crippen molar-refractivity contribution in [3.63, 3.8) is 0 Å². The van der Waals surface area contributed by atoms with E-state index < -0.39 is 0 Å². The van der Waals surface area contributed by atoms with Crippen LogP contribution < -0.4 is 0 Å². The second-order valence-corrected chi connectivity index (χ2v) is 13.2. The van der Waals surface area contributed by atoms with Gasteiger partial charge in [0, 0.05) is 64.7 Å². The van der Waals surface area contributed by atoms with Gasteiger partial charge in [-0.05, 0) is 43.2 Å². The van der Waals surface area contributed by atoms with Crippen LogP contribution in [0.3, 0.4) is 0 Å². The smallest absolute Gasteiger partial charge is 0.162 e. The summed E-state index contributed by atoms with van der Waals surface area (Å²) in [5, 5.41) is 15.6. The van der Waals surface area contributed by atoms with Crippen LogP contribution >= 0.6 is 11.3 Å². The van der Waals surface area contributed by atoms with Crippen LogP contribution in [0.4, 0.5) is 0 Å². The first-order valence-electron chi connectivity index (χ1n) is 15.8. The number of carbonyl (C=O) groups excluding carboxylic acids is 1. The van der Waals surface area contributed by atoms with Crippen LogP contribution in [0, 0.1) is 17.9 Å². The zero-order chi connectivity index (χ0) is 31.9. The summed E-state index contributed by atoms with van der Waals surface area (Å²) in [5.41, 5.74) is 5.36. The van der Waals surface area contributed by atoms with Gasteiger partial charge < -0.3 is 5.11 Å². The molecule has 5 rings (SSSR count). The maximum Gasteiger partial charge on any atom is 0.162 e. The van der Waals surface area contributed by atoms with Gasteiger partial charge in [0.1, 0.15) is 6.33 Å². The van der Waals surface area contributed by atoms with Crippen LogP contribution in [0.1, 0.15) is 79.7 Å². The molecule has 2 heterocycles. The standard InChI is InChI=1S/C26H21N2S.C13H24O2.Ir/c1-26(2,3)22-13-18(12-17-8-4-5-9-19(17)22)23-14-24(28-16-27-23)21-15-29-25-11-7-6-10-20(21)25;1-5-10(6-2)12(14)9-13(15)11(7-3)8-4;/h4-11,13-16H,1-3H3;9-11,14H,5-8H2,1-4H3;/q-1;;/b;12-9-;. The number of thiophene rings is 1. The second-order valence-electron chi connectivity index (χ2n) is 12.3. The van der Waals surface area contributed by atoms with Crippen LogP contribution in [-0.4, -0.2) is 20.9 Å². The molecule has 0 bridgehead atoms. The van der Waals surface area contributed by atoms with Crippen LogP contribution in [0.15, 0.2) is 84.2 Å². The minimum atomic E-state index is 0. The number of ketones is 1. The fraction of sp³-hybridized carbons (Fsp3) is 0.359. The van der Waals surface area contributed by atoms with E-state index >= 15 is 0 Å². The zero-order valence-corrected chi connectivity index (χ0v) is 30.7. The number of aliphatic hydroxyl groups is 1. The van der Waals surface area contributed by atoms with Gasteiger partial charge in [-0.2, -0.15) is 0 Å². The van der Waals surface area contributed by atoms with Gasteiger partial charge in [-0.25, -0.2) is 4.98 Å². The summed E-state index contributed by atoms with van der Waals surface area (Å²) in [5.74, 6) is 0.547. The van der Waals surface area contributed by atoms with Crippen molar-refractivity contribution in [2.24, 2.45) is 11.8 Å². The minimum Gasteiger partial charge on any atom is -0.512 e. The first-order chi connectivity index (χ1) is 21.1. The Kier molecular flexibility index (Phi) is 13.2. The van der Waals surface area contributed by atoms with E-state index in [0.29, 0.717) is 0 Å². The second kappa shape index (κ2) is 16.4. The van der Waals surface area contributed by atoms with E-state index in [-0.39, 0.29) is 48.9 Å². The fourth-order valence-electron chi connectivity index (χ4n) is 5.60. The molecule has 0 unspecified atom stereocenters. The molecule has 4 nitrogen and oxygen atoms in total. The van der Waals surface area contributed by atoms with Crippen molar-refractivity contribution in [1.82, 2.24) is 9.97 Å². The summed E-state index contributed by atoms with van der Waals surface area (Å²) in [6.45, 7) is 14.8. The Morgan fingerprint density at radius 3 is 2.11 bits per heavy atom. The summed E-state index contributed by atoms with van der Waals surface area (Å²) < 4.78 is 1.27. The summed E-state index contributed by atoms with van der Waals surface area (Å²) in [6.07, 6.45) is 6.57. The van der Waals surface area contributed by atoms with Gasteiger partial charge in [-0.3, -0.25) is 9.78 Å². The molecule has 0 fully saturated rings. The van der Waals surface area contributed by atoms with Crippen LogP contribution in [0.2, 0.25) is 0 Å². The number of nitrogens with zero attached hydrogens (tertiary/aromatic N) is 2. The van der Waals surface area contributed by atoms with Crippen molar-refractivity contribution in [1.29, 1.82) is 0 Å². The number of allylic oxidation sites excluding steroid dienone is 2. The number of benzene rings is 3. The summed E-state index contributed by atoms with van der Waals surface area (Å²) >= 11 is 1.75. The average Bonchev–Trinajstić information content (AvgIpc) is 3.46. The van der Waals surface area contributed by atoms with Gasteiger partial charge in [-0.1, -0.05) is 95.8 Å². The SMILES string of the molecule is CC(C)(C)c1cc(-c2cc(-c3csc4ccccc34)ncn2)[c-]c2ccccc12.CCC(CC)C(=O)/C=C(\O)C(CC)CC.[Ir]. The molecule has 0 saturated carbocycles. The van der Waals surface area contributed by atoms with Crippen molar-refractivity contribution in [3.05, 3.63) is 95.8 Å². The Balaban J connectivity index is 0.000000297. The number of aromatic nitrogens is 2. The maximum atomic E-state index is 11.7. The molecule has 0 atom stereocenters. The fourth-order valence-corrected chi connectivity index (χ4v) is 6.55. The molecule has 0 aliphatic heterocycles. The predicted molar refractivity (Wildman–Crippen MR) is 187 cm³/mol. The summed E-state index contributed by atoms with van der Waals surface area (Å²) in [4.78, 5) is 20.9. The van der Waals surface area contributed by atoms with Crippen LogP contribution in [0.25, 0.3) is 43.4 Å². The minimum absolute atomic E-state index is 0. The van der Waals surface area contributed by atoms with Gasteiger partial charge in [0.2, 0.25) is 0 Å². The van der Waals surface area contributed by atoms with Gasteiger partial charge >= 0.3 is 0 Å². The van der Waals surface area contributed by atoms with E-state index in [2.05, 4.69) is 103 Å². The van der Waals surface area contributed by atoms with Crippen LogP contribution in [-0.2, 0) is 30.3 Å². The Morgan fingerprint density at radius 2 is 1.47 bits per heavy atom. The Hall–Kier alpha value is -3.18. The number of hydrogen-bond donors (Lipinski definition) is 1. The molecule has 239 valence electrons. The zero-order valence-electron chi connectivity index (χ0n) is 27.5. The topological polar surface area (TPSA) is 63.1 Å². The third kappa shape index (κ3) is 8.76. The van der Waals surface area contributed by atoms with E-state index in [9.17, 15) is 9.90 Å². The summed E-state index contributed by atoms with van der Waals surface area (Å²) in [7, 11) is 0. The number of carbonyl (C=O) groups is 1. The summed E-state index contributed by atoms with van der Waals surface area (Å²) in [6, 6.07) is 24.8. The Bertz CT molecular complexity index is 1740. The van der Waals surface area contributed by atoms with E-state index in [4.69, 9.17) is 0 Å². The molecule has 2 aromatic heterocycles. The van der Waals surface area contributed by atoms with Gasteiger partial charge in [-0.15, -0.1) is 40.5 Å². The van der Waals surface area contributed by atoms with E-state index in [1.165, 1.54) is 27.1 Å². The van der Waals surface area contributed by atoms with E-state index in [1.54, 1.807) is 17.7 Å². The molecule has 0 aliphatic carbocycles. The molecule has 0 saturated heterocycles. The molecule has 1 N–H and O–H groups in total. The first kappa shape index (κ1) is 36.3. The molecule has 5 aromatic rings. The molecule has 6 heteroatoms. The van der Waals surface area contributed by atoms with Gasteiger partial charge in [0.15, 0.2) is 5.78 Å². The van der Waals surface area contributed by atoms with Crippen molar-refractivity contribution in [2.45, 2.75) is 79.6 Å². The van der Waals surface area contributed by atoms with E-state index in [0.717, 1.165) is 53.6 Å². The van der Waals surface area contributed by atoms with Gasteiger partial charge in [0.05, 0.1) is 11.5 Å². The quantitative estimate of drug-likeness (QED) is 0.0917. The number of fused-ring (bicyclic) bond motifs is 2. The maximum absolute atomic E-state index is 11.7. The molecule has 1 radical (unpaired) electrons. The van der Waals surface area contributed by atoms with Crippen molar-refractivity contribution in [3.8, 4) is 22.5 Å². The number of hydrogen-bond acceptors (Lipinski definition) is 5. The average molecular weight is 798 g/mol. The van der Waals surface area contributed by atoms with Crippen molar-refractivity contribution in [2.75, 3.05) is 0 Å². The van der Waals surface area contributed by atoms with Crippen molar-refractivity contribution >= 4 is 38.0 Å². The first-order valence-corrected chi connectivity index (χ1v) is 16.7. The number of rotatable bonds is 9.